The summed E-state index contributed by atoms with van der Waals surface area (Å²) in [5.41, 5.74) is 3.14. The number of aliphatic hydroxyl groups excluding tert-OH is 1. The first-order valence-electron chi connectivity index (χ1n) is 9.03. The third kappa shape index (κ3) is 3.29. The number of aliphatic hydroxyl groups is 1. The van der Waals surface area contributed by atoms with Crippen molar-refractivity contribution in [1.29, 1.82) is 0 Å². The summed E-state index contributed by atoms with van der Waals surface area (Å²) in [4.78, 5) is 11.9. The van der Waals surface area contributed by atoms with Gasteiger partial charge in [-0.15, -0.1) is 0 Å². The zero-order chi connectivity index (χ0) is 19.0. The average Bonchev–Trinajstić information content (AvgIpc) is 2.61. The van der Waals surface area contributed by atoms with Crippen LogP contribution in [0.25, 0.3) is 0 Å². The van der Waals surface area contributed by atoms with Crippen LogP contribution in [0, 0.1) is 13.8 Å². The highest BCUT2D eigenvalue weighted by Crippen LogP contribution is 2.44. The molecular weight excluding hydrogens is 332 g/mol. The molecule has 0 unspecified atom stereocenters. The maximum absolute atomic E-state index is 11.9. The average molecular weight is 358 g/mol. The summed E-state index contributed by atoms with van der Waals surface area (Å²) in [6.07, 6.45) is 0.0755. The molecule has 1 aromatic heterocycles. The van der Waals surface area contributed by atoms with E-state index in [2.05, 4.69) is 25.1 Å². The molecule has 0 bridgehead atoms. The lowest BCUT2D eigenvalue weighted by molar-refractivity contribution is -0.0621. The van der Waals surface area contributed by atoms with Crippen molar-refractivity contribution in [2.75, 3.05) is 6.61 Å². The van der Waals surface area contributed by atoms with Crippen molar-refractivity contribution in [2.24, 2.45) is 0 Å². The first-order valence-corrected chi connectivity index (χ1v) is 9.03. The van der Waals surface area contributed by atoms with Crippen LogP contribution in [-0.2, 0) is 4.74 Å². The molecule has 140 valence electrons. The Bertz CT molecular complexity index is 854. The van der Waals surface area contributed by atoms with Crippen molar-refractivity contribution in [3.63, 3.8) is 0 Å². The van der Waals surface area contributed by atoms with Crippen LogP contribution in [-0.4, -0.2) is 22.9 Å². The van der Waals surface area contributed by atoms with Gasteiger partial charge in [-0.25, -0.2) is 4.79 Å². The molecule has 5 nitrogen and oxygen atoms in total. The van der Waals surface area contributed by atoms with E-state index >= 15 is 0 Å². The minimum absolute atomic E-state index is 0.0356. The number of ether oxygens (including phenoxy) is 1. The number of benzene rings is 1. The maximum atomic E-state index is 11.9. The van der Waals surface area contributed by atoms with Gasteiger partial charge in [0.2, 0.25) is 0 Å². The molecular formula is C21H26O5. The molecule has 2 aromatic rings. The molecule has 4 atom stereocenters. The van der Waals surface area contributed by atoms with Gasteiger partial charge in [0.25, 0.3) is 0 Å². The second kappa shape index (κ2) is 7.25. The smallest absolute Gasteiger partial charge is 0.342 e. The van der Waals surface area contributed by atoms with E-state index in [0.29, 0.717) is 12.2 Å². The normalized spacial score (nSPS) is 23.5. The highest BCUT2D eigenvalue weighted by atomic mass is 16.5. The Morgan fingerprint density at radius 3 is 2.58 bits per heavy atom. The predicted molar refractivity (Wildman–Crippen MR) is 98.7 cm³/mol. The van der Waals surface area contributed by atoms with Crippen LogP contribution in [0.5, 0.6) is 5.75 Å². The fraction of sp³-hybridized carbons (Fsp3) is 0.476. The van der Waals surface area contributed by atoms with Crippen molar-refractivity contribution >= 4 is 0 Å². The number of hydrogen-bond donors (Lipinski definition) is 2. The monoisotopic (exact) mass is 358 g/mol. The van der Waals surface area contributed by atoms with Crippen molar-refractivity contribution < 1.29 is 19.4 Å². The van der Waals surface area contributed by atoms with Crippen LogP contribution < -0.4 is 5.63 Å². The Labute approximate surface area is 153 Å². The van der Waals surface area contributed by atoms with E-state index in [1.165, 1.54) is 18.6 Å². The van der Waals surface area contributed by atoms with Gasteiger partial charge in [0.05, 0.1) is 17.8 Å². The topological polar surface area (TPSA) is 79.9 Å². The molecule has 1 aliphatic heterocycles. The highest BCUT2D eigenvalue weighted by molar-refractivity contribution is 5.39. The van der Waals surface area contributed by atoms with Gasteiger partial charge in [0.15, 0.2) is 0 Å². The molecule has 3 rings (SSSR count). The minimum Gasteiger partial charge on any atom is -0.507 e. The third-order valence-electron chi connectivity index (χ3n) is 5.41. The molecule has 26 heavy (non-hydrogen) atoms. The highest BCUT2D eigenvalue weighted by Gasteiger charge is 2.37. The van der Waals surface area contributed by atoms with Crippen molar-refractivity contribution in [3.05, 3.63) is 62.7 Å². The maximum Gasteiger partial charge on any atom is 0.342 e. The zero-order valence-corrected chi connectivity index (χ0v) is 15.7. The van der Waals surface area contributed by atoms with Crippen LogP contribution in [0.2, 0.25) is 0 Å². The Kier molecular flexibility index (Phi) is 5.21. The van der Waals surface area contributed by atoms with Gasteiger partial charge in [-0.2, -0.15) is 0 Å². The lowest BCUT2D eigenvalue weighted by Gasteiger charge is -2.39. The van der Waals surface area contributed by atoms with Gasteiger partial charge in [0, 0.05) is 30.9 Å². The molecule has 1 aromatic carbocycles. The Balaban J connectivity index is 2.00. The molecule has 0 radical (unpaired) electrons. The van der Waals surface area contributed by atoms with Gasteiger partial charge < -0.3 is 19.4 Å². The number of rotatable bonds is 4. The zero-order valence-electron chi connectivity index (χ0n) is 15.7. The SMILES string of the molecule is Cc1ccc2c(c1)[C@H](CCO)O[C@H]([C@H](C)c1cc(O)c(C)c(=O)o1)[C@H]2C. The second-order valence-corrected chi connectivity index (χ2v) is 7.26. The molecule has 2 N–H and O–H groups in total. The molecule has 5 heteroatoms. The number of fused-ring (bicyclic) bond motifs is 1. The lowest BCUT2D eigenvalue weighted by Crippen LogP contribution is -2.34. The van der Waals surface area contributed by atoms with E-state index in [9.17, 15) is 15.0 Å². The van der Waals surface area contributed by atoms with E-state index in [-0.39, 0.29) is 42.0 Å². The van der Waals surface area contributed by atoms with Gasteiger partial charge >= 0.3 is 5.63 Å². The predicted octanol–water partition coefficient (Wildman–Crippen LogP) is 3.69. The van der Waals surface area contributed by atoms with Crippen LogP contribution >= 0.6 is 0 Å². The summed E-state index contributed by atoms with van der Waals surface area (Å²) in [5, 5.41) is 19.4. The largest absolute Gasteiger partial charge is 0.507 e. The molecule has 2 heterocycles. The Morgan fingerprint density at radius 1 is 1.19 bits per heavy atom. The second-order valence-electron chi connectivity index (χ2n) is 7.26. The summed E-state index contributed by atoms with van der Waals surface area (Å²) < 4.78 is 11.8. The van der Waals surface area contributed by atoms with Crippen molar-refractivity contribution in [2.45, 2.75) is 58.2 Å². The van der Waals surface area contributed by atoms with Gasteiger partial charge in [-0.05, 0) is 25.0 Å². The number of hydrogen-bond acceptors (Lipinski definition) is 5. The van der Waals surface area contributed by atoms with Crippen LogP contribution in [0.1, 0.15) is 66.2 Å². The fourth-order valence-corrected chi connectivity index (χ4v) is 3.78. The fourth-order valence-electron chi connectivity index (χ4n) is 3.78. The van der Waals surface area contributed by atoms with E-state index in [4.69, 9.17) is 9.15 Å². The molecule has 0 saturated heterocycles. The molecule has 0 amide bonds. The van der Waals surface area contributed by atoms with Gasteiger partial charge in [-0.1, -0.05) is 37.6 Å². The third-order valence-corrected chi connectivity index (χ3v) is 5.41. The summed E-state index contributed by atoms with van der Waals surface area (Å²) in [6.45, 7) is 7.64. The number of aromatic hydroxyl groups is 1. The molecule has 0 spiro atoms. The molecule has 0 saturated carbocycles. The standard InChI is InChI=1S/C21H26O5/c1-11-5-6-15-12(2)20(25-18(7-8-22)16(15)9-11)14(4)19-10-17(23)13(3)21(24)26-19/h5-6,9-10,12,14,18,20,22-23H,7-8H2,1-4H3/t12-,14+,18-,20-/m0/s1. The molecule has 0 aliphatic carbocycles. The Hall–Kier alpha value is -2.11. The van der Waals surface area contributed by atoms with Crippen LogP contribution in [0.3, 0.4) is 0 Å². The van der Waals surface area contributed by atoms with Crippen molar-refractivity contribution in [1.82, 2.24) is 0 Å². The Morgan fingerprint density at radius 2 is 1.92 bits per heavy atom. The van der Waals surface area contributed by atoms with Crippen LogP contribution in [0.4, 0.5) is 0 Å². The quantitative estimate of drug-likeness (QED) is 0.871. The summed E-state index contributed by atoms with van der Waals surface area (Å²) >= 11 is 0. The first-order chi connectivity index (χ1) is 12.3. The van der Waals surface area contributed by atoms with Crippen molar-refractivity contribution in [3.8, 4) is 5.75 Å². The number of aryl methyl sites for hydroxylation is 1. The lowest BCUT2D eigenvalue weighted by atomic mass is 9.79. The van der Waals surface area contributed by atoms with Crippen LogP contribution in [0.15, 0.2) is 33.5 Å². The summed E-state index contributed by atoms with van der Waals surface area (Å²) in [7, 11) is 0. The first kappa shape index (κ1) is 18.7. The molecule has 1 aliphatic rings. The summed E-state index contributed by atoms with van der Waals surface area (Å²) in [5.74, 6) is 0.215. The van der Waals surface area contributed by atoms with E-state index in [1.807, 2.05) is 13.8 Å². The minimum atomic E-state index is -0.529. The summed E-state index contributed by atoms with van der Waals surface area (Å²) in [6, 6.07) is 7.81. The van der Waals surface area contributed by atoms with Gasteiger partial charge in [-0.3, -0.25) is 0 Å². The van der Waals surface area contributed by atoms with E-state index in [1.54, 1.807) is 0 Å². The van der Waals surface area contributed by atoms with E-state index < -0.39 is 5.63 Å². The van der Waals surface area contributed by atoms with E-state index in [0.717, 1.165) is 11.1 Å². The molecule has 0 fully saturated rings. The van der Waals surface area contributed by atoms with Gasteiger partial charge in [0.1, 0.15) is 11.5 Å².